The molecule has 1 fully saturated rings. The molecule has 0 unspecified atom stereocenters. The van der Waals surface area contributed by atoms with Crippen LogP contribution in [0.15, 0.2) is 18.2 Å². The molecule has 2 rings (SSSR count). The Labute approximate surface area is 114 Å². The summed E-state index contributed by atoms with van der Waals surface area (Å²) >= 11 is 0. The van der Waals surface area contributed by atoms with E-state index in [4.69, 9.17) is 0 Å². The summed E-state index contributed by atoms with van der Waals surface area (Å²) in [7, 11) is 0. The maximum absolute atomic E-state index is 11.8. The molecule has 3 heteroatoms. The Hall–Kier alpha value is -1.51. The van der Waals surface area contributed by atoms with E-state index < -0.39 is 11.4 Å². The van der Waals surface area contributed by atoms with Gasteiger partial charge in [0, 0.05) is 5.56 Å². The van der Waals surface area contributed by atoms with Crippen LogP contribution in [0.3, 0.4) is 0 Å². The Balaban J connectivity index is 2.52. The minimum absolute atomic E-state index is 0.119. The number of hydrogen-bond acceptors (Lipinski definition) is 2. The van der Waals surface area contributed by atoms with Gasteiger partial charge in [-0.15, -0.1) is 0 Å². The topological polar surface area (TPSA) is 57.5 Å². The molecule has 0 aromatic heterocycles. The molecule has 0 saturated heterocycles. The minimum atomic E-state index is -0.896. The third-order valence-corrected chi connectivity index (χ3v) is 4.32. The molecule has 1 aliphatic rings. The molecule has 1 aromatic rings. The van der Waals surface area contributed by atoms with Crippen LogP contribution in [-0.4, -0.2) is 16.2 Å². The average Bonchev–Trinajstić information content (AvgIpc) is 2.39. The SMILES string of the molecule is CC(C)c1ccc(O)c(C2(C(=O)O)CCCCC2)c1. The fourth-order valence-electron chi connectivity index (χ4n) is 3.05. The molecule has 1 saturated carbocycles. The maximum Gasteiger partial charge on any atom is 0.314 e. The first-order valence-corrected chi connectivity index (χ1v) is 7.04. The van der Waals surface area contributed by atoms with Crippen LogP contribution in [0.25, 0.3) is 0 Å². The van der Waals surface area contributed by atoms with Gasteiger partial charge in [0.2, 0.25) is 0 Å². The van der Waals surface area contributed by atoms with Crippen LogP contribution < -0.4 is 0 Å². The first-order chi connectivity index (χ1) is 8.97. The lowest BCUT2D eigenvalue weighted by molar-refractivity contribution is -0.145. The second-order valence-corrected chi connectivity index (χ2v) is 5.88. The van der Waals surface area contributed by atoms with Crippen molar-refractivity contribution in [1.82, 2.24) is 0 Å². The van der Waals surface area contributed by atoms with Gasteiger partial charge in [-0.3, -0.25) is 4.79 Å². The predicted octanol–water partition coefficient (Wildman–Crippen LogP) is 3.80. The van der Waals surface area contributed by atoms with E-state index in [-0.39, 0.29) is 5.75 Å². The normalized spacial score (nSPS) is 18.5. The van der Waals surface area contributed by atoms with Gasteiger partial charge >= 0.3 is 5.97 Å². The highest BCUT2D eigenvalue weighted by Gasteiger charge is 2.43. The van der Waals surface area contributed by atoms with Crippen molar-refractivity contribution in [2.75, 3.05) is 0 Å². The molecule has 104 valence electrons. The second-order valence-electron chi connectivity index (χ2n) is 5.88. The summed E-state index contributed by atoms with van der Waals surface area (Å²) in [5.74, 6) is -0.356. The fraction of sp³-hybridized carbons (Fsp3) is 0.562. The van der Waals surface area contributed by atoms with Gasteiger partial charge in [-0.2, -0.15) is 0 Å². The zero-order chi connectivity index (χ0) is 14.0. The van der Waals surface area contributed by atoms with Crippen LogP contribution in [0.2, 0.25) is 0 Å². The van der Waals surface area contributed by atoms with Crippen molar-refractivity contribution in [3.63, 3.8) is 0 Å². The number of carboxylic acid groups (broad SMARTS) is 1. The fourth-order valence-corrected chi connectivity index (χ4v) is 3.05. The van der Waals surface area contributed by atoms with Crippen molar-refractivity contribution in [1.29, 1.82) is 0 Å². The first-order valence-electron chi connectivity index (χ1n) is 7.04. The average molecular weight is 262 g/mol. The van der Waals surface area contributed by atoms with Crippen LogP contribution in [0, 0.1) is 0 Å². The highest BCUT2D eigenvalue weighted by atomic mass is 16.4. The lowest BCUT2D eigenvalue weighted by atomic mass is 9.68. The summed E-state index contributed by atoms with van der Waals surface area (Å²) < 4.78 is 0. The molecule has 0 bridgehead atoms. The number of rotatable bonds is 3. The van der Waals surface area contributed by atoms with Gasteiger partial charge in [-0.05, 0) is 30.4 Å². The summed E-state index contributed by atoms with van der Waals surface area (Å²) in [4.78, 5) is 11.8. The molecule has 3 nitrogen and oxygen atoms in total. The van der Waals surface area contributed by atoms with Gasteiger partial charge in [0.1, 0.15) is 5.75 Å². The molecular weight excluding hydrogens is 240 g/mol. The predicted molar refractivity (Wildman–Crippen MR) is 74.6 cm³/mol. The van der Waals surface area contributed by atoms with E-state index in [1.807, 2.05) is 12.1 Å². The van der Waals surface area contributed by atoms with E-state index >= 15 is 0 Å². The molecule has 19 heavy (non-hydrogen) atoms. The molecule has 0 amide bonds. The molecule has 0 spiro atoms. The zero-order valence-corrected chi connectivity index (χ0v) is 11.6. The quantitative estimate of drug-likeness (QED) is 0.871. The van der Waals surface area contributed by atoms with E-state index in [9.17, 15) is 15.0 Å². The van der Waals surface area contributed by atoms with Gasteiger partial charge in [-0.25, -0.2) is 0 Å². The van der Waals surface area contributed by atoms with Crippen LogP contribution >= 0.6 is 0 Å². The number of aliphatic carboxylic acids is 1. The van der Waals surface area contributed by atoms with E-state index in [1.165, 1.54) is 0 Å². The minimum Gasteiger partial charge on any atom is -0.508 e. The molecule has 1 aromatic carbocycles. The van der Waals surface area contributed by atoms with Crippen LogP contribution in [0.1, 0.15) is 63.0 Å². The second kappa shape index (κ2) is 5.24. The number of phenols is 1. The Morgan fingerprint density at radius 1 is 1.21 bits per heavy atom. The molecule has 0 aliphatic heterocycles. The van der Waals surface area contributed by atoms with Gasteiger partial charge in [-0.1, -0.05) is 45.2 Å². The monoisotopic (exact) mass is 262 g/mol. The van der Waals surface area contributed by atoms with Crippen LogP contribution in [-0.2, 0) is 10.2 Å². The molecule has 2 N–H and O–H groups in total. The van der Waals surface area contributed by atoms with Crippen molar-refractivity contribution in [2.24, 2.45) is 0 Å². The third kappa shape index (κ3) is 2.46. The molecule has 1 aliphatic carbocycles. The molecule has 0 radical (unpaired) electrons. The van der Waals surface area contributed by atoms with Crippen LogP contribution in [0.4, 0.5) is 0 Å². The van der Waals surface area contributed by atoms with Gasteiger partial charge in [0.15, 0.2) is 0 Å². The summed E-state index contributed by atoms with van der Waals surface area (Å²) in [6.07, 6.45) is 4.16. The number of benzene rings is 1. The third-order valence-electron chi connectivity index (χ3n) is 4.32. The summed E-state index contributed by atoms with van der Waals surface area (Å²) in [5.41, 5.74) is 0.789. The lowest BCUT2D eigenvalue weighted by Crippen LogP contribution is -2.38. The Kier molecular flexibility index (Phi) is 3.83. The lowest BCUT2D eigenvalue weighted by Gasteiger charge is -2.34. The largest absolute Gasteiger partial charge is 0.508 e. The van der Waals surface area contributed by atoms with Crippen molar-refractivity contribution in [2.45, 2.75) is 57.3 Å². The molecular formula is C16H22O3. The van der Waals surface area contributed by atoms with Gasteiger partial charge in [0.25, 0.3) is 0 Å². The van der Waals surface area contributed by atoms with E-state index in [1.54, 1.807) is 6.07 Å². The summed E-state index contributed by atoms with van der Waals surface area (Å²) in [6.45, 7) is 4.15. The Morgan fingerprint density at radius 2 is 1.84 bits per heavy atom. The number of phenolic OH excluding ortho intramolecular Hbond substituents is 1. The van der Waals surface area contributed by atoms with Crippen molar-refractivity contribution in [3.05, 3.63) is 29.3 Å². The number of hydrogen-bond donors (Lipinski definition) is 2. The van der Waals surface area contributed by atoms with Crippen molar-refractivity contribution >= 4 is 5.97 Å². The Bertz CT molecular complexity index is 471. The van der Waals surface area contributed by atoms with Gasteiger partial charge < -0.3 is 10.2 Å². The van der Waals surface area contributed by atoms with Crippen LogP contribution in [0.5, 0.6) is 5.75 Å². The number of aromatic hydroxyl groups is 1. The van der Waals surface area contributed by atoms with Crippen molar-refractivity contribution < 1.29 is 15.0 Å². The van der Waals surface area contributed by atoms with E-state index in [0.29, 0.717) is 24.3 Å². The molecule has 0 atom stereocenters. The molecule has 0 heterocycles. The number of carbonyl (C=O) groups is 1. The van der Waals surface area contributed by atoms with E-state index in [0.717, 1.165) is 24.8 Å². The Morgan fingerprint density at radius 3 is 2.37 bits per heavy atom. The summed E-state index contributed by atoms with van der Waals surface area (Å²) in [6, 6.07) is 5.41. The highest BCUT2D eigenvalue weighted by molar-refractivity contribution is 5.82. The standard InChI is InChI=1S/C16H22O3/c1-11(2)12-6-7-14(17)13(10-12)16(15(18)19)8-4-3-5-9-16/h6-7,10-11,17H,3-5,8-9H2,1-2H3,(H,18,19). The maximum atomic E-state index is 11.8. The highest BCUT2D eigenvalue weighted by Crippen LogP contribution is 2.44. The van der Waals surface area contributed by atoms with E-state index in [2.05, 4.69) is 13.8 Å². The number of carboxylic acids is 1. The first kappa shape index (κ1) is 13.9. The van der Waals surface area contributed by atoms with Crippen molar-refractivity contribution in [3.8, 4) is 5.75 Å². The summed E-state index contributed by atoms with van der Waals surface area (Å²) in [5, 5.41) is 19.8. The smallest absolute Gasteiger partial charge is 0.314 e. The zero-order valence-electron chi connectivity index (χ0n) is 11.6. The van der Waals surface area contributed by atoms with Gasteiger partial charge in [0.05, 0.1) is 5.41 Å².